The van der Waals surface area contributed by atoms with E-state index in [0.29, 0.717) is 0 Å². The second kappa shape index (κ2) is 7.81. The van der Waals surface area contributed by atoms with Crippen molar-refractivity contribution in [3.63, 3.8) is 0 Å². The lowest BCUT2D eigenvalue weighted by atomic mass is 10.2. The molecule has 6 nitrogen and oxygen atoms in total. The molecule has 0 heterocycles. The van der Waals surface area contributed by atoms with Gasteiger partial charge in [-0.2, -0.15) is 13.2 Å². The molecule has 0 amide bonds. The molecule has 0 aliphatic heterocycles. The normalized spacial score (nSPS) is 13.5. The van der Waals surface area contributed by atoms with Gasteiger partial charge in [-0.15, -0.1) is 0 Å². The van der Waals surface area contributed by atoms with Crippen molar-refractivity contribution in [1.29, 1.82) is 0 Å². The van der Waals surface area contributed by atoms with E-state index < -0.39 is 37.8 Å². The molecule has 10 heteroatoms. The second-order valence-electron chi connectivity index (χ2n) is 4.31. The summed E-state index contributed by atoms with van der Waals surface area (Å²) in [6, 6.07) is 4.05. The van der Waals surface area contributed by atoms with Gasteiger partial charge in [0.15, 0.2) is 12.5 Å². The number of carbonyl (C=O) groups excluding carboxylic acids is 1. The Labute approximate surface area is 131 Å². The van der Waals surface area contributed by atoms with Crippen LogP contribution in [0.25, 0.3) is 0 Å². The topological polar surface area (TPSA) is 71.1 Å². The lowest BCUT2D eigenvalue weighted by Gasteiger charge is -2.20. The van der Waals surface area contributed by atoms with E-state index in [1.165, 1.54) is 13.0 Å². The highest BCUT2D eigenvalue weighted by Crippen LogP contribution is 2.51. The number of hydrogen-bond donors (Lipinski definition) is 0. The summed E-state index contributed by atoms with van der Waals surface area (Å²) in [5.41, 5.74) is -0.903. The van der Waals surface area contributed by atoms with E-state index in [4.69, 9.17) is 9.47 Å². The van der Waals surface area contributed by atoms with Gasteiger partial charge >= 0.3 is 19.7 Å². The third-order valence-electron chi connectivity index (χ3n) is 2.77. The van der Waals surface area contributed by atoms with Crippen LogP contribution in [0.3, 0.4) is 0 Å². The third kappa shape index (κ3) is 5.53. The van der Waals surface area contributed by atoms with E-state index in [1.54, 1.807) is 0 Å². The van der Waals surface area contributed by atoms with Crippen molar-refractivity contribution in [3.8, 4) is 5.75 Å². The van der Waals surface area contributed by atoms with Crippen molar-refractivity contribution in [2.45, 2.75) is 18.9 Å². The summed E-state index contributed by atoms with van der Waals surface area (Å²) < 4.78 is 68.6. The minimum Gasteiger partial charge on any atom is -0.482 e. The highest BCUT2D eigenvalue weighted by molar-refractivity contribution is 7.54. The summed E-state index contributed by atoms with van der Waals surface area (Å²) in [5.74, 6) is -2.26. The Morgan fingerprint density at radius 3 is 2.39 bits per heavy atom. The maximum Gasteiger partial charge on any atom is 0.416 e. The summed E-state index contributed by atoms with van der Waals surface area (Å²) in [7, 11) is -1.33. The van der Waals surface area contributed by atoms with E-state index in [-0.39, 0.29) is 5.75 Å². The fraction of sp³-hybridized carbons (Fsp3) is 0.462. The highest BCUT2D eigenvalue weighted by Gasteiger charge is 2.34. The Balaban J connectivity index is 2.62. The van der Waals surface area contributed by atoms with Gasteiger partial charge in [0.05, 0.1) is 5.56 Å². The molecule has 0 spiro atoms. The van der Waals surface area contributed by atoms with Crippen LogP contribution >= 0.6 is 7.60 Å². The molecule has 130 valence electrons. The van der Waals surface area contributed by atoms with Crippen molar-refractivity contribution in [2.24, 2.45) is 0 Å². The quantitative estimate of drug-likeness (QED) is 0.550. The van der Waals surface area contributed by atoms with Gasteiger partial charge in [0.1, 0.15) is 5.75 Å². The molecule has 0 aromatic heterocycles. The van der Waals surface area contributed by atoms with E-state index in [9.17, 15) is 22.5 Å². The zero-order chi connectivity index (χ0) is 17.7. The monoisotopic (exact) mass is 356 g/mol. The molecule has 0 bridgehead atoms. The summed E-state index contributed by atoms with van der Waals surface area (Å²) in [6.07, 6.45) is -4.52. The number of esters is 1. The van der Waals surface area contributed by atoms with Crippen molar-refractivity contribution in [2.75, 3.05) is 20.8 Å². The maximum atomic E-state index is 12.5. The van der Waals surface area contributed by atoms with Crippen LogP contribution in [-0.2, 0) is 29.3 Å². The summed E-state index contributed by atoms with van der Waals surface area (Å²) in [5, 5.41) is 0. The molecule has 0 N–H and O–H groups in total. The number of benzene rings is 1. The number of ether oxygens (including phenoxy) is 2. The first-order valence-corrected chi connectivity index (χ1v) is 7.94. The van der Waals surface area contributed by atoms with Crippen LogP contribution < -0.4 is 4.74 Å². The molecule has 1 unspecified atom stereocenters. The fourth-order valence-corrected chi connectivity index (χ4v) is 2.55. The average molecular weight is 356 g/mol. The van der Waals surface area contributed by atoms with Crippen LogP contribution in [0.5, 0.6) is 5.75 Å². The number of alkyl halides is 3. The minimum atomic E-state index is -4.52. The van der Waals surface area contributed by atoms with Crippen LogP contribution in [0, 0.1) is 0 Å². The molecule has 1 aromatic rings. The molecule has 1 atom stereocenters. The van der Waals surface area contributed by atoms with E-state index >= 15 is 0 Å². The lowest BCUT2D eigenvalue weighted by Crippen LogP contribution is -2.22. The number of rotatable bonds is 7. The smallest absolute Gasteiger partial charge is 0.416 e. The van der Waals surface area contributed by atoms with Gasteiger partial charge in [0, 0.05) is 14.2 Å². The molecule has 0 aliphatic rings. The van der Waals surface area contributed by atoms with Crippen molar-refractivity contribution in [1.82, 2.24) is 0 Å². The van der Waals surface area contributed by atoms with Gasteiger partial charge in [0.25, 0.3) is 0 Å². The van der Waals surface area contributed by atoms with E-state index in [0.717, 1.165) is 32.4 Å². The Bertz CT molecular complexity index is 581. The average Bonchev–Trinajstić information content (AvgIpc) is 2.51. The second-order valence-corrected chi connectivity index (χ2v) is 6.85. The van der Waals surface area contributed by atoms with E-state index in [2.05, 4.69) is 9.05 Å². The summed E-state index contributed by atoms with van der Waals surface area (Å²) >= 11 is 0. The van der Waals surface area contributed by atoms with Gasteiger partial charge in [0.2, 0.25) is 0 Å². The maximum absolute atomic E-state index is 12.5. The standard InChI is InChI=1S/C13H16F3O6P/c1-9(23(18,19-2)20-3)22-12(17)8-21-11-6-4-5-10(7-11)13(14,15)16/h4-7,9H,8H2,1-3H3. The van der Waals surface area contributed by atoms with Crippen molar-refractivity contribution < 1.29 is 41.1 Å². The molecule has 23 heavy (non-hydrogen) atoms. The molecule has 1 aromatic carbocycles. The SMILES string of the molecule is COP(=O)(OC)C(C)OC(=O)COc1cccc(C(F)(F)F)c1. The molecule has 1 rings (SSSR count). The Morgan fingerprint density at radius 2 is 1.87 bits per heavy atom. The van der Waals surface area contributed by atoms with Crippen LogP contribution in [0.15, 0.2) is 24.3 Å². The molecular weight excluding hydrogens is 340 g/mol. The van der Waals surface area contributed by atoms with Gasteiger partial charge in [-0.05, 0) is 25.1 Å². The first kappa shape index (κ1) is 19.5. The number of halogens is 3. The van der Waals surface area contributed by atoms with Gasteiger partial charge in [-0.1, -0.05) is 6.07 Å². The molecule has 0 fully saturated rings. The molecule has 0 saturated carbocycles. The number of carbonyl (C=O) groups is 1. The third-order valence-corrected chi connectivity index (χ3v) is 4.79. The van der Waals surface area contributed by atoms with Crippen LogP contribution in [0.4, 0.5) is 13.2 Å². The summed E-state index contributed by atoms with van der Waals surface area (Å²) in [6.45, 7) is 0.648. The molecular formula is C13H16F3O6P. The van der Waals surface area contributed by atoms with Crippen LogP contribution in [-0.4, -0.2) is 32.6 Å². The van der Waals surface area contributed by atoms with Gasteiger partial charge in [-0.25, -0.2) is 4.79 Å². The zero-order valence-electron chi connectivity index (χ0n) is 12.6. The Hall–Kier alpha value is -1.57. The zero-order valence-corrected chi connectivity index (χ0v) is 13.5. The van der Waals surface area contributed by atoms with Gasteiger partial charge in [-0.3, -0.25) is 4.57 Å². The highest BCUT2D eigenvalue weighted by atomic mass is 31.2. The lowest BCUT2D eigenvalue weighted by molar-refractivity contribution is -0.148. The first-order chi connectivity index (χ1) is 10.6. The van der Waals surface area contributed by atoms with Crippen molar-refractivity contribution in [3.05, 3.63) is 29.8 Å². The van der Waals surface area contributed by atoms with Crippen molar-refractivity contribution >= 4 is 13.6 Å². The van der Waals surface area contributed by atoms with E-state index in [1.807, 2.05) is 0 Å². The first-order valence-electron chi connectivity index (χ1n) is 6.33. The Morgan fingerprint density at radius 1 is 1.26 bits per heavy atom. The van der Waals surface area contributed by atoms with Crippen LogP contribution in [0.2, 0.25) is 0 Å². The minimum absolute atomic E-state index is 0.147. The molecule has 0 saturated heterocycles. The van der Waals surface area contributed by atoms with Crippen LogP contribution in [0.1, 0.15) is 12.5 Å². The molecule has 0 aliphatic carbocycles. The Kier molecular flexibility index (Phi) is 6.61. The van der Waals surface area contributed by atoms with Gasteiger partial charge < -0.3 is 18.5 Å². The largest absolute Gasteiger partial charge is 0.482 e. The summed E-state index contributed by atoms with van der Waals surface area (Å²) in [4.78, 5) is 11.6. The predicted molar refractivity (Wildman–Crippen MR) is 74.1 cm³/mol. The molecule has 0 radical (unpaired) electrons. The number of hydrogen-bond acceptors (Lipinski definition) is 6. The predicted octanol–water partition coefficient (Wildman–Crippen LogP) is 3.46. The fourth-order valence-electron chi connectivity index (χ4n) is 1.56.